The number of nitrogens with zero attached hydrogens (tertiary/aromatic N) is 4. The predicted molar refractivity (Wildman–Crippen MR) is 83.3 cm³/mol. The molecule has 21 heavy (non-hydrogen) atoms. The lowest BCUT2D eigenvalue weighted by atomic mass is 10.2. The van der Waals surface area contributed by atoms with E-state index in [0.717, 1.165) is 0 Å². The van der Waals surface area contributed by atoms with E-state index in [0.29, 0.717) is 53.7 Å². The van der Waals surface area contributed by atoms with Gasteiger partial charge >= 0.3 is 0 Å². The van der Waals surface area contributed by atoms with Gasteiger partial charge in [0.1, 0.15) is 0 Å². The molecule has 0 aliphatic carbocycles. The first-order valence-corrected chi connectivity index (χ1v) is 7.46. The summed E-state index contributed by atoms with van der Waals surface area (Å²) in [5.74, 6) is 0.956. The Bertz CT molecular complexity index is 662. The zero-order valence-electron chi connectivity index (χ0n) is 10.9. The van der Waals surface area contributed by atoms with E-state index >= 15 is 0 Å². The molecule has 1 aromatic carbocycles. The summed E-state index contributed by atoms with van der Waals surface area (Å²) in [7, 11) is 0. The van der Waals surface area contributed by atoms with Gasteiger partial charge in [-0.15, -0.1) is 0 Å². The van der Waals surface area contributed by atoms with Gasteiger partial charge in [0.2, 0.25) is 11.2 Å². The molecule has 5 nitrogen and oxygen atoms in total. The van der Waals surface area contributed by atoms with Gasteiger partial charge in [0.25, 0.3) is 0 Å². The van der Waals surface area contributed by atoms with Crippen LogP contribution in [-0.4, -0.2) is 41.3 Å². The molecule has 8 heteroatoms. The highest BCUT2D eigenvalue weighted by atomic mass is 35.5. The number of aromatic nitrogens is 3. The third-order valence-electron chi connectivity index (χ3n) is 3.06. The van der Waals surface area contributed by atoms with Crippen molar-refractivity contribution in [1.82, 2.24) is 15.0 Å². The molecular weight excluding hydrogens is 335 g/mol. The van der Waals surface area contributed by atoms with Gasteiger partial charge in [0.05, 0.1) is 18.2 Å². The lowest BCUT2D eigenvalue weighted by Gasteiger charge is -2.26. The van der Waals surface area contributed by atoms with E-state index in [1.807, 2.05) is 4.90 Å². The van der Waals surface area contributed by atoms with Crippen molar-refractivity contribution in [2.75, 3.05) is 31.2 Å². The number of hydrogen-bond acceptors (Lipinski definition) is 5. The van der Waals surface area contributed by atoms with Crippen molar-refractivity contribution in [1.29, 1.82) is 0 Å². The summed E-state index contributed by atoms with van der Waals surface area (Å²) < 4.78 is 5.32. The summed E-state index contributed by atoms with van der Waals surface area (Å²) in [6, 6.07) is 5.14. The minimum absolute atomic E-state index is 0.132. The minimum atomic E-state index is 0.132. The van der Waals surface area contributed by atoms with E-state index in [2.05, 4.69) is 15.0 Å². The van der Waals surface area contributed by atoms with E-state index in [1.165, 1.54) is 0 Å². The van der Waals surface area contributed by atoms with Crippen molar-refractivity contribution in [3.05, 3.63) is 33.5 Å². The highest BCUT2D eigenvalue weighted by molar-refractivity contribution is 6.36. The van der Waals surface area contributed by atoms with E-state index in [4.69, 9.17) is 39.5 Å². The quantitative estimate of drug-likeness (QED) is 0.835. The van der Waals surface area contributed by atoms with Gasteiger partial charge in [-0.05, 0) is 29.8 Å². The average molecular weight is 346 g/mol. The van der Waals surface area contributed by atoms with Crippen LogP contribution in [0.5, 0.6) is 0 Å². The molecule has 0 saturated carbocycles. The maximum absolute atomic E-state index is 6.19. The molecule has 110 valence electrons. The molecule has 1 saturated heterocycles. The van der Waals surface area contributed by atoms with Crippen molar-refractivity contribution >= 4 is 40.8 Å². The van der Waals surface area contributed by atoms with E-state index in [-0.39, 0.29) is 5.28 Å². The number of rotatable bonds is 2. The number of benzene rings is 1. The molecule has 0 spiro atoms. The van der Waals surface area contributed by atoms with Crippen molar-refractivity contribution in [3.63, 3.8) is 0 Å². The van der Waals surface area contributed by atoms with Crippen LogP contribution in [0.4, 0.5) is 5.95 Å². The Morgan fingerprint density at radius 1 is 1.00 bits per heavy atom. The Morgan fingerprint density at radius 3 is 2.48 bits per heavy atom. The van der Waals surface area contributed by atoms with Gasteiger partial charge in [0.15, 0.2) is 5.82 Å². The molecule has 0 amide bonds. The maximum Gasteiger partial charge on any atom is 0.230 e. The van der Waals surface area contributed by atoms with Crippen molar-refractivity contribution in [3.8, 4) is 11.4 Å². The van der Waals surface area contributed by atoms with Gasteiger partial charge in [-0.2, -0.15) is 15.0 Å². The number of hydrogen-bond donors (Lipinski definition) is 0. The molecule has 1 fully saturated rings. The zero-order valence-corrected chi connectivity index (χ0v) is 13.2. The molecule has 0 bridgehead atoms. The van der Waals surface area contributed by atoms with Crippen molar-refractivity contribution < 1.29 is 4.74 Å². The first-order chi connectivity index (χ1) is 10.1. The molecular formula is C13H11Cl3N4O. The number of ether oxygens (including phenoxy) is 1. The van der Waals surface area contributed by atoms with Gasteiger partial charge in [-0.25, -0.2) is 0 Å². The Morgan fingerprint density at radius 2 is 1.76 bits per heavy atom. The average Bonchev–Trinajstić information content (AvgIpc) is 2.47. The summed E-state index contributed by atoms with van der Waals surface area (Å²) >= 11 is 18.1. The zero-order chi connectivity index (χ0) is 14.8. The van der Waals surface area contributed by atoms with E-state index < -0.39 is 0 Å². The lowest BCUT2D eigenvalue weighted by Crippen LogP contribution is -2.37. The molecule has 3 rings (SSSR count). The minimum Gasteiger partial charge on any atom is -0.378 e. The molecule has 0 radical (unpaired) electrons. The standard InChI is InChI=1S/C13H11Cl3N4O/c14-8-1-2-9(10(15)7-8)11-17-12(16)19-13(18-11)20-3-5-21-6-4-20/h1-2,7H,3-6H2. The van der Waals surface area contributed by atoms with Crippen molar-refractivity contribution in [2.45, 2.75) is 0 Å². The van der Waals surface area contributed by atoms with E-state index in [1.54, 1.807) is 18.2 Å². The SMILES string of the molecule is Clc1ccc(-c2nc(Cl)nc(N3CCOCC3)n2)c(Cl)c1. The van der Waals surface area contributed by atoms with Crippen LogP contribution in [0.3, 0.4) is 0 Å². The lowest BCUT2D eigenvalue weighted by molar-refractivity contribution is 0.122. The summed E-state index contributed by atoms with van der Waals surface area (Å²) in [5, 5.41) is 1.16. The number of anilines is 1. The second-order valence-electron chi connectivity index (χ2n) is 4.45. The molecule has 1 aliphatic rings. The smallest absolute Gasteiger partial charge is 0.230 e. The summed E-state index contributed by atoms with van der Waals surface area (Å²) in [5.41, 5.74) is 0.667. The first-order valence-electron chi connectivity index (χ1n) is 6.33. The van der Waals surface area contributed by atoms with Crippen LogP contribution in [0.25, 0.3) is 11.4 Å². The molecule has 2 heterocycles. The number of halogens is 3. The van der Waals surface area contributed by atoms with Gasteiger partial charge in [0, 0.05) is 23.7 Å². The molecule has 2 aromatic rings. The molecule has 0 N–H and O–H groups in total. The normalized spacial score (nSPS) is 15.3. The fourth-order valence-electron chi connectivity index (χ4n) is 2.04. The maximum atomic E-state index is 6.19. The second-order valence-corrected chi connectivity index (χ2v) is 5.63. The fourth-order valence-corrected chi connectivity index (χ4v) is 2.68. The Hall–Kier alpha value is -1.14. The van der Waals surface area contributed by atoms with Crippen LogP contribution in [0.1, 0.15) is 0 Å². The van der Waals surface area contributed by atoms with Gasteiger partial charge < -0.3 is 9.64 Å². The Balaban J connectivity index is 2.00. The fraction of sp³-hybridized carbons (Fsp3) is 0.308. The van der Waals surface area contributed by atoms with Crippen LogP contribution in [0, 0.1) is 0 Å². The largest absolute Gasteiger partial charge is 0.378 e. The van der Waals surface area contributed by atoms with Crippen molar-refractivity contribution in [2.24, 2.45) is 0 Å². The predicted octanol–water partition coefficient (Wildman–Crippen LogP) is 3.34. The first kappa shape index (κ1) is 14.8. The van der Waals surface area contributed by atoms with E-state index in [9.17, 15) is 0 Å². The highest BCUT2D eigenvalue weighted by Gasteiger charge is 2.17. The molecule has 0 atom stereocenters. The third kappa shape index (κ3) is 3.37. The van der Waals surface area contributed by atoms with Crippen LogP contribution >= 0.6 is 34.8 Å². The van der Waals surface area contributed by atoms with Gasteiger partial charge in [-0.1, -0.05) is 23.2 Å². The van der Waals surface area contributed by atoms with Crippen LogP contribution in [0.2, 0.25) is 15.3 Å². The topological polar surface area (TPSA) is 51.1 Å². The second kappa shape index (κ2) is 6.32. The summed E-state index contributed by atoms with van der Waals surface area (Å²) in [6.45, 7) is 2.71. The third-order valence-corrected chi connectivity index (χ3v) is 3.78. The van der Waals surface area contributed by atoms with Crippen LogP contribution in [0.15, 0.2) is 18.2 Å². The summed E-state index contributed by atoms with van der Waals surface area (Å²) in [6.07, 6.45) is 0. The Labute approximate surface area is 136 Å². The highest BCUT2D eigenvalue weighted by Crippen LogP contribution is 2.29. The van der Waals surface area contributed by atoms with Crippen LogP contribution < -0.4 is 4.90 Å². The van der Waals surface area contributed by atoms with Gasteiger partial charge in [-0.3, -0.25) is 0 Å². The number of morpholine rings is 1. The molecule has 0 unspecified atom stereocenters. The summed E-state index contributed by atoms with van der Waals surface area (Å²) in [4.78, 5) is 14.8. The van der Waals surface area contributed by atoms with Crippen LogP contribution in [-0.2, 0) is 4.74 Å². The molecule has 1 aromatic heterocycles. The monoisotopic (exact) mass is 344 g/mol. The Kier molecular flexibility index (Phi) is 4.45. The molecule has 1 aliphatic heterocycles.